The molecule has 162 valence electrons. The molecular weight excluding hydrogens is 414 g/mol. The lowest BCUT2D eigenvalue weighted by Crippen LogP contribution is -2.35. The lowest BCUT2D eigenvalue weighted by molar-refractivity contribution is -0.115. The molecule has 3 N–H and O–H groups in total. The molecule has 0 aliphatic carbocycles. The molecule has 0 saturated carbocycles. The average Bonchev–Trinajstić information content (AvgIpc) is 3.33. The second kappa shape index (κ2) is 8.68. The Kier molecular flexibility index (Phi) is 5.62. The number of carbonyl (C=O) groups is 2. The Labute approximate surface area is 180 Å². The summed E-state index contributed by atoms with van der Waals surface area (Å²) in [5.41, 5.74) is 0.850. The number of anilines is 1. The molecule has 0 unspecified atom stereocenters. The van der Waals surface area contributed by atoms with Crippen molar-refractivity contribution in [1.82, 2.24) is 29.6 Å². The normalized spacial score (nSPS) is 10.8. The van der Waals surface area contributed by atoms with Crippen molar-refractivity contribution in [1.29, 1.82) is 0 Å². The van der Waals surface area contributed by atoms with Gasteiger partial charge < -0.3 is 15.6 Å². The fraction of sp³-hybridized carbons (Fsp3) is 0.143. The van der Waals surface area contributed by atoms with Gasteiger partial charge in [-0.1, -0.05) is 0 Å². The van der Waals surface area contributed by atoms with Gasteiger partial charge in [-0.2, -0.15) is 5.10 Å². The van der Waals surface area contributed by atoms with Gasteiger partial charge in [0.15, 0.2) is 0 Å². The van der Waals surface area contributed by atoms with Crippen molar-refractivity contribution < 1.29 is 9.59 Å². The maximum absolute atomic E-state index is 12.4. The molecule has 2 amide bonds. The van der Waals surface area contributed by atoms with Crippen LogP contribution in [0, 0.1) is 0 Å². The van der Waals surface area contributed by atoms with Crippen molar-refractivity contribution in [2.75, 3.05) is 11.9 Å². The first-order valence-electron chi connectivity index (χ1n) is 9.76. The summed E-state index contributed by atoms with van der Waals surface area (Å²) >= 11 is 0. The monoisotopic (exact) mass is 433 g/mol. The third kappa shape index (κ3) is 4.17. The van der Waals surface area contributed by atoms with Gasteiger partial charge >= 0.3 is 5.69 Å². The second-order valence-electron chi connectivity index (χ2n) is 6.86. The molecule has 0 atom stereocenters. The van der Waals surface area contributed by atoms with Crippen LogP contribution in [0.25, 0.3) is 16.6 Å². The summed E-state index contributed by atoms with van der Waals surface area (Å²) in [6.45, 7) is 1.68. The number of hydrogen-bond acceptors (Lipinski definition) is 6. The number of carbonyl (C=O) groups excluding carboxylic acids is 2. The van der Waals surface area contributed by atoms with Gasteiger partial charge in [-0.3, -0.25) is 19.0 Å². The fourth-order valence-corrected chi connectivity index (χ4v) is 3.19. The largest absolute Gasteiger partial charge is 0.343 e. The van der Waals surface area contributed by atoms with Crippen LogP contribution in [-0.4, -0.2) is 42.7 Å². The number of benzene rings is 2. The summed E-state index contributed by atoms with van der Waals surface area (Å²) in [4.78, 5) is 55.4. The molecule has 0 radical (unpaired) electrons. The summed E-state index contributed by atoms with van der Waals surface area (Å²) in [7, 11) is 0. The number of fused-ring (bicyclic) bond motifs is 1. The molecule has 11 nitrogen and oxygen atoms in total. The van der Waals surface area contributed by atoms with E-state index in [4.69, 9.17) is 0 Å². The zero-order valence-corrected chi connectivity index (χ0v) is 17.0. The number of aromatic amines is 1. The van der Waals surface area contributed by atoms with Crippen LogP contribution in [0.15, 0.2) is 64.7 Å². The first-order chi connectivity index (χ1) is 15.5. The third-order valence-corrected chi connectivity index (χ3v) is 4.80. The highest BCUT2D eigenvalue weighted by atomic mass is 16.2. The molecule has 32 heavy (non-hydrogen) atoms. The number of rotatable bonds is 6. The number of nitrogens with one attached hydrogen (secondary N) is 3. The Morgan fingerprint density at radius 3 is 2.56 bits per heavy atom. The SMILES string of the molecule is CCn1c(=O)[nH]c2cc(C(=O)NCC(=O)Nc3ccc(-n4cncn4)cc3)ccc2c1=O. The molecular formula is C21H19N7O4. The van der Waals surface area contributed by atoms with Gasteiger partial charge in [0.1, 0.15) is 12.7 Å². The molecule has 0 saturated heterocycles. The molecule has 2 heterocycles. The van der Waals surface area contributed by atoms with Gasteiger partial charge in [0, 0.05) is 17.8 Å². The van der Waals surface area contributed by atoms with Crippen LogP contribution in [0.3, 0.4) is 0 Å². The second-order valence-corrected chi connectivity index (χ2v) is 6.86. The minimum atomic E-state index is -0.545. The molecule has 4 aromatic rings. The van der Waals surface area contributed by atoms with E-state index in [1.807, 2.05) is 0 Å². The molecule has 2 aromatic heterocycles. The Morgan fingerprint density at radius 1 is 1.09 bits per heavy atom. The standard InChI is InChI=1S/C21H19N7O4/c1-2-27-20(31)16-8-3-13(9-17(16)26-21(27)32)19(30)23-10-18(29)25-14-4-6-15(7-5-14)28-12-22-11-24-28/h3-9,11-12H,2,10H2,1H3,(H,23,30)(H,25,29)(H,26,32). The number of H-pyrrole nitrogens is 1. The maximum atomic E-state index is 12.4. The van der Waals surface area contributed by atoms with Gasteiger partial charge in [-0.15, -0.1) is 0 Å². The van der Waals surface area contributed by atoms with Crippen molar-refractivity contribution in [3.63, 3.8) is 0 Å². The van der Waals surface area contributed by atoms with Crippen LogP contribution in [0.1, 0.15) is 17.3 Å². The van der Waals surface area contributed by atoms with E-state index in [0.29, 0.717) is 11.1 Å². The van der Waals surface area contributed by atoms with Crippen LogP contribution >= 0.6 is 0 Å². The molecule has 0 aliphatic rings. The van der Waals surface area contributed by atoms with E-state index in [-0.39, 0.29) is 24.2 Å². The van der Waals surface area contributed by atoms with E-state index in [1.54, 1.807) is 42.2 Å². The Bertz CT molecular complexity index is 1400. The summed E-state index contributed by atoms with van der Waals surface area (Å²) in [6, 6.07) is 11.3. The van der Waals surface area contributed by atoms with Gasteiger partial charge in [0.05, 0.1) is 23.1 Å². The number of aromatic nitrogens is 5. The van der Waals surface area contributed by atoms with Crippen molar-refractivity contribution in [3.8, 4) is 5.69 Å². The fourth-order valence-electron chi connectivity index (χ4n) is 3.19. The van der Waals surface area contributed by atoms with E-state index in [1.165, 1.54) is 24.5 Å². The van der Waals surface area contributed by atoms with E-state index < -0.39 is 23.1 Å². The number of hydrogen-bond donors (Lipinski definition) is 3. The molecule has 2 aromatic carbocycles. The molecule has 0 bridgehead atoms. The minimum absolute atomic E-state index is 0.215. The smallest absolute Gasteiger partial charge is 0.328 e. The van der Waals surface area contributed by atoms with E-state index in [2.05, 4.69) is 25.7 Å². The van der Waals surface area contributed by atoms with Crippen molar-refractivity contribution in [2.45, 2.75) is 13.5 Å². The predicted octanol–water partition coefficient (Wildman–Crippen LogP) is 0.659. The zero-order valence-electron chi connectivity index (χ0n) is 17.0. The van der Waals surface area contributed by atoms with Crippen LogP contribution in [0.5, 0.6) is 0 Å². The van der Waals surface area contributed by atoms with Crippen molar-refractivity contribution in [2.24, 2.45) is 0 Å². The first kappa shape index (κ1) is 20.7. The number of nitrogens with zero attached hydrogens (tertiary/aromatic N) is 4. The molecule has 0 fully saturated rings. The van der Waals surface area contributed by atoms with Crippen molar-refractivity contribution in [3.05, 3.63) is 81.5 Å². The zero-order chi connectivity index (χ0) is 22.7. The quantitative estimate of drug-likeness (QED) is 0.407. The predicted molar refractivity (Wildman–Crippen MR) is 117 cm³/mol. The van der Waals surface area contributed by atoms with E-state index in [0.717, 1.165) is 10.3 Å². The van der Waals surface area contributed by atoms with Gasteiger partial charge in [0.25, 0.3) is 11.5 Å². The Morgan fingerprint density at radius 2 is 1.88 bits per heavy atom. The molecule has 11 heteroatoms. The summed E-state index contributed by atoms with van der Waals surface area (Å²) in [6.07, 6.45) is 2.98. The highest BCUT2D eigenvalue weighted by molar-refractivity contribution is 6.01. The van der Waals surface area contributed by atoms with Crippen LogP contribution in [0.4, 0.5) is 5.69 Å². The van der Waals surface area contributed by atoms with Crippen LogP contribution in [-0.2, 0) is 11.3 Å². The van der Waals surface area contributed by atoms with Crippen LogP contribution < -0.4 is 21.9 Å². The molecule has 4 rings (SSSR count). The molecule has 0 aliphatic heterocycles. The third-order valence-electron chi connectivity index (χ3n) is 4.80. The highest BCUT2D eigenvalue weighted by Gasteiger charge is 2.12. The van der Waals surface area contributed by atoms with Gasteiger partial charge in [-0.05, 0) is 49.4 Å². The summed E-state index contributed by atoms with van der Waals surface area (Å²) < 4.78 is 2.66. The summed E-state index contributed by atoms with van der Waals surface area (Å²) in [5.74, 6) is -0.920. The Balaban J connectivity index is 1.40. The van der Waals surface area contributed by atoms with Gasteiger partial charge in [0.2, 0.25) is 5.91 Å². The summed E-state index contributed by atoms with van der Waals surface area (Å²) in [5, 5.41) is 9.53. The minimum Gasteiger partial charge on any atom is -0.343 e. The average molecular weight is 433 g/mol. The lowest BCUT2D eigenvalue weighted by atomic mass is 10.1. The van der Waals surface area contributed by atoms with E-state index >= 15 is 0 Å². The van der Waals surface area contributed by atoms with Gasteiger partial charge in [-0.25, -0.2) is 14.5 Å². The highest BCUT2D eigenvalue weighted by Crippen LogP contribution is 2.12. The van der Waals surface area contributed by atoms with E-state index in [9.17, 15) is 19.2 Å². The number of amides is 2. The maximum Gasteiger partial charge on any atom is 0.328 e. The van der Waals surface area contributed by atoms with Crippen LogP contribution in [0.2, 0.25) is 0 Å². The topological polar surface area (TPSA) is 144 Å². The Hall–Kier alpha value is -4.54. The first-order valence-corrected chi connectivity index (χ1v) is 9.76. The molecule has 0 spiro atoms. The van der Waals surface area contributed by atoms with Crippen molar-refractivity contribution >= 4 is 28.4 Å². The lowest BCUT2D eigenvalue weighted by Gasteiger charge is -2.09.